The molecule has 1 aliphatic rings. The molecule has 0 bridgehead atoms. The van der Waals surface area contributed by atoms with Gasteiger partial charge in [-0.05, 0) is 37.5 Å². The molecule has 25 heavy (non-hydrogen) atoms. The number of carbonyl (C=O) groups excluding carboxylic acids is 1. The lowest BCUT2D eigenvalue weighted by Gasteiger charge is -2.29. The summed E-state index contributed by atoms with van der Waals surface area (Å²) in [6, 6.07) is 4.82. The highest BCUT2D eigenvalue weighted by Gasteiger charge is 2.31. The highest BCUT2D eigenvalue weighted by molar-refractivity contribution is 7.89. The quantitative estimate of drug-likeness (QED) is 0.842. The van der Waals surface area contributed by atoms with E-state index in [1.807, 2.05) is 6.92 Å². The van der Waals surface area contributed by atoms with Crippen LogP contribution >= 0.6 is 11.3 Å². The molecule has 2 N–H and O–H groups in total. The minimum absolute atomic E-state index is 0.0753. The molecule has 7 nitrogen and oxygen atoms in total. The smallest absolute Gasteiger partial charge is 0.308 e. The lowest BCUT2D eigenvalue weighted by Crippen LogP contribution is -2.41. The molecule has 0 atom stereocenters. The van der Waals surface area contributed by atoms with Gasteiger partial charge >= 0.3 is 4.87 Å². The number of piperidine rings is 1. The summed E-state index contributed by atoms with van der Waals surface area (Å²) < 4.78 is 29.4. The number of aromatic nitrogens is 1. The summed E-state index contributed by atoms with van der Waals surface area (Å²) in [6.45, 7) is 3.16. The molecule has 1 aromatic heterocycles. The van der Waals surface area contributed by atoms with Gasteiger partial charge in [-0.1, -0.05) is 18.3 Å². The van der Waals surface area contributed by atoms with Crippen LogP contribution in [0, 0.1) is 5.92 Å². The highest BCUT2D eigenvalue weighted by atomic mass is 32.2. The van der Waals surface area contributed by atoms with E-state index in [0.29, 0.717) is 24.1 Å². The minimum atomic E-state index is -3.64. The van der Waals surface area contributed by atoms with Gasteiger partial charge in [0.2, 0.25) is 15.9 Å². The number of primary amides is 1. The van der Waals surface area contributed by atoms with Gasteiger partial charge in [0, 0.05) is 25.6 Å². The second-order valence-electron chi connectivity index (χ2n) is 6.23. The summed E-state index contributed by atoms with van der Waals surface area (Å²) in [5.74, 6) is -0.636. The number of fused-ring (bicyclic) bond motifs is 1. The third-order valence-corrected chi connectivity index (χ3v) is 7.42. The summed E-state index contributed by atoms with van der Waals surface area (Å²) in [7, 11) is -3.64. The number of benzene rings is 1. The third-order valence-electron chi connectivity index (χ3n) is 4.58. The largest absolute Gasteiger partial charge is 0.369 e. The van der Waals surface area contributed by atoms with Gasteiger partial charge < -0.3 is 5.73 Å². The molecule has 0 radical (unpaired) electrons. The van der Waals surface area contributed by atoms with Crippen LogP contribution in [0.5, 0.6) is 0 Å². The molecule has 1 amide bonds. The summed E-state index contributed by atoms with van der Waals surface area (Å²) in [6.07, 6.45) is 1.72. The van der Waals surface area contributed by atoms with Gasteiger partial charge in [0.15, 0.2) is 0 Å². The maximum Gasteiger partial charge on any atom is 0.308 e. The first-order valence-corrected chi connectivity index (χ1v) is 10.5. The predicted octanol–water partition coefficient (Wildman–Crippen LogP) is 1.36. The van der Waals surface area contributed by atoms with Crippen molar-refractivity contribution in [3.8, 4) is 0 Å². The Bertz CT molecular complexity index is 953. The van der Waals surface area contributed by atoms with Crippen LogP contribution in [0.3, 0.4) is 0 Å². The fraction of sp³-hybridized carbons (Fsp3) is 0.500. The maximum absolute atomic E-state index is 12.9. The van der Waals surface area contributed by atoms with Crippen LogP contribution in [-0.4, -0.2) is 36.3 Å². The molecule has 0 unspecified atom stereocenters. The SMILES string of the molecule is CCCn1c(=O)sc2cc(S(=O)(=O)N3CCC(C(N)=O)CC3)ccc21. The van der Waals surface area contributed by atoms with Crippen LogP contribution in [0.2, 0.25) is 0 Å². The topological polar surface area (TPSA) is 102 Å². The molecule has 1 aromatic carbocycles. The van der Waals surface area contributed by atoms with E-state index in [1.165, 1.54) is 4.31 Å². The molecule has 1 saturated heterocycles. The Morgan fingerprint density at radius 2 is 2.00 bits per heavy atom. The minimum Gasteiger partial charge on any atom is -0.369 e. The number of aryl methyl sites for hydroxylation is 1. The number of rotatable bonds is 5. The number of hydrogen-bond donors (Lipinski definition) is 1. The first-order chi connectivity index (χ1) is 11.8. The van der Waals surface area contributed by atoms with Gasteiger partial charge in [0.05, 0.1) is 15.1 Å². The van der Waals surface area contributed by atoms with Crippen molar-refractivity contribution in [1.29, 1.82) is 0 Å². The fourth-order valence-electron chi connectivity index (χ4n) is 3.17. The summed E-state index contributed by atoms with van der Waals surface area (Å²) in [5.41, 5.74) is 6.07. The Kier molecular flexibility index (Phi) is 4.99. The molecule has 3 rings (SSSR count). The van der Waals surface area contributed by atoms with Crippen molar-refractivity contribution >= 4 is 37.5 Å². The monoisotopic (exact) mass is 383 g/mol. The van der Waals surface area contributed by atoms with E-state index in [-0.39, 0.29) is 34.7 Å². The van der Waals surface area contributed by atoms with Crippen LogP contribution in [-0.2, 0) is 21.4 Å². The Balaban J connectivity index is 1.90. The lowest BCUT2D eigenvalue weighted by molar-refractivity contribution is -0.122. The summed E-state index contributed by atoms with van der Waals surface area (Å²) in [5, 5.41) is 0. The van der Waals surface area contributed by atoms with E-state index in [0.717, 1.165) is 23.3 Å². The van der Waals surface area contributed by atoms with Crippen LogP contribution in [0.1, 0.15) is 26.2 Å². The molecule has 9 heteroatoms. The number of thiazole rings is 1. The van der Waals surface area contributed by atoms with Gasteiger partial charge in [0.25, 0.3) is 0 Å². The molecule has 2 heterocycles. The molecule has 0 saturated carbocycles. The molecule has 136 valence electrons. The predicted molar refractivity (Wildman–Crippen MR) is 97.1 cm³/mol. The van der Waals surface area contributed by atoms with Gasteiger partial charge in [-0.15, -0.1) is 0 Å². The molecule has 0 spiro atoms. The molecule has 1 fully saturated rings. The Morgan fingerprint density at radius 1 is 1.32 bits per heavy atom. The number of sulfonamides is 1. The number of nitrogens with two attached hydrogens (primary N) is 1. The van der Waals surface area contributed by atoms with E-state index >= 15 is 0 Å². The number of amides is 1. The van der Waals surface area contributed by atoms with Gasteiger partial charge in [-0.3, -0.25) is 14.2 Å². The molecular weight excluding hydrogens is 362 g/mol. The Labute approximate surface area is 150 Å². The summed E-state index contributed by atoms with van der Waals surface area (Å²) in [4.78, 5) is 23.4. The van der Waals surface area contributed by atoms with Gasteiger partial charge in [0.1, 0.15) is 0 Å². The molecule has 0 aliphatic carbocycles. The standard InChI is InChI=1S/C16H21N3O4S2/c1-2-7-19-13-4-3-12(10-14(13)24-16(19)21)25(22,23)18-8-5-11(6-9-18)15(17)20/h3-4,10-11H,2,5-9H2,1H3,(H2,17,20). The van der Waals surface area contributed by atoms with Crippen molar-refractivity contribution in [3.05, 3.63) is 27.9 Å². The number of carbonyl (C=O) groups is 1. The van der Waals surface area contributed by atoms with Crippen molar-refractivity contribution < 1.29 is 13.2 Å². The second-order valence-corrected chi connectivity index (χ2v) is 9.16. The van der Waals surface area contributed by atoms with Crippen molar-refractivity contribution in [2.45, 2.75) is 37.6 Å². The van der Waals surface area contributed by atoms with E-state index in [9.17, 15) is 18.0 Å². The van der Waals surface area contributed by atoms with Crippen molar-refractivity contribution in [3.63, 3.8) is 0 Å². The van der Waals surface area contributed by atoms with E-state index < -0.39 is 10.0 Å². The fourth-order valence-corrected chi connectivity index (χ4v) is 5.70. The van der Waals surface area contributed by atoms with E-state index in [4.69, 9.17) is 5.73 Å². The Morgan fingerprint density at radius 3 is 2.60 bits per heavy atom. The van der Waals surface area contributed by atoms with Crippen LogP contribution < -0.4 is 10.6 Å². The molecular formula is C16H21N3O4S2. The zero-order chi connectivity index (χ0) is 18.2. The normalized spacial score (nSPS) is 17.2. The van der Waals surface area contributed by atoms with E-state index in [1.54, 1.807) is 22.8 Å². The molecule has 2 aromatic rings. The van der Waals surface area contributed by atoms with Crippen molar-refractivity contribution in [2.75, 3.05) is 13.1 Å². The van der Waals surface area contributed by atoms with Gasteiger partial charge in [-0.25, -0.2) is 8.42 Å². The zero-order valence-electron chi connectivity index (χ0n) is 14.0. The van der Waals surface area contributed by atoms with Crippen LogP contribution in [0.4, 0.5) is 0 Å². The van der Waals surface area contributed by atoms with Crippen LogP contribution in [0.15, 0.2) is 27.9 Å². The van der Waals surface area contributed by atoms with E-state index in [2.05, 4.69) is 0 Å². The van der Waals surface area contributed by atoms with Crippen molar-refractivity contribution in [2.24, 2.45) is 11.7 Å². The Hall–Kier alpha value is -1.71. The van der Waals surface area contributed by atoms with Crippen LogP contribution in [0.25, 0.3) is 10.2 Å². The third kappa shape index (κ3) is 3.36. The van der Waals surface area contributed by atoms with Gasteiger partial charge in [-0.2, -0.15) is 4.31 Å². The number of hydrogen-bond acceptors (Lipinski definition) is 5. The van der Waals surface area contributed by atoms with Crippen molar-refractivity contribution in [1.82, 2.24) is 8.87 Å². The maximum atomic E-state index is 12.9. The lowest BCUT2D eigenvalue weighted by atomic mass is 9.98. The highest BCUT2D eigenvalue weighted by Crippen LogP contribution is 2.27. The average molecular weight is 383 g/mol. The second kappa shape index (κ2) is 6.89. The molecule has 1 aliphatic heterocycles. The first kappa shape index (κ1) is 18.1. The average Bonchev–Trinajstić information content (AvgIpc) is 2.90. The summed E-state index contributed by atoms with van der Waals surface area (Å²) >= 11 is 1.06. The zero-order valence-corrected chi connectivity index (χ0v) is 15.6. The first-order valence-electron chi connectivity index (χ1n) is 8.27. The number of nitrogens with zero attached hydrogens (tertiary/aromatic N) is 2.